The van der Waals surface area contributed by atoms with Gasteiger partial charge < -0.3 is 19.3 Å². The molecule has 0 amide bonds. The molecule has 1 N–H and O–H groups in total. The van der Waals surface area contributed by atoms with Gasteiger partial charge in [0.2, 0.25) is 0 Å². The van der Waals surface area contributed by atoms with Gasteiger partial charge in [-0.1, -0.05) is 38.0 Å². The predicted molar refractivity (Wildman–Crippen MR) is 97.7 cm³/mol. The third-order valence-electron chi connectivity index (χ3n) is 4.32. The summed E-state index contributed by atoms with van der Waals surface area (Å²) in [6.07, 6.45) is -1.04. The predicted octanol–water partition coefficient (Wildman–Crippen LogP) is 3.50. The highest BCUT2D eigenvalue weighted by atomic mass is 19.1. The molecule has 1 fully saturated rings. The lowest BCUT2D eigenvalue weighted by molar-refractivity contribution is 0.0842. The largest absolute Gasteiger partial charge is 0.491 e. The molecular formula is C21H25FO4. The van der Waals surface area contributed by atoms with Gasteiger partial charge in [0.1, 0.15) is 43.6 Å². The third-order valence-corrected chi connectivity index (χ3v) is 4.32. The number of benzene rings is 2. The normalized spacial score (nSPS) is 21.7. The molecule has 0 radical (unpaired) electrons. The van der Waals surface area contributed by atoms with Gasteiger partial charge in [-0.05, 0) is 35.4 Å². The first-order valence-electron chi connectivity index (χ1n) is 10.1. The van der Waals surface area contributed by atoms with Crippen molar-refractivity contribution in [3.8, 4) is 11.5 Å². The average molecular weight is 363 g/mol. The fraction of sp³-hybridized carbons (Fsp3) is 0.429. The average Bonchev–Trinajstić information content (AvgIpc) is 3.54. The van der Waals surface area contributed by atoms with Crippen LogP contribution < -0.4 is 9.47 Å². The lowest BCUT2D eigenvalue weighted by atomic mass is 9.78. The molecule has 1 aliphatic rings. The number of alkyl halides is 1. The Morgan fingerprint density at radius 2 is 1.69 bits per heavy atom. The van der Waals surface area contributed by atoms with Gasteiger partial charge in [0.25, 0.3) is 0 Å². The maximum atomic E-state index is 12.3. The molecule has 1 heterocycles. The second-order valence-electron chi connectivity index (χ2n) is 6.56. The van der Waals surface area contributed by atoms with Crippen LogP contribution in [0.1, 0.15) is 29.0 Å². The van der Waals surface area contributed by atoms with Crippen molar-refractivity contribution < 1.29 is 27.8 Å². The highest BCUT2D eigenvalue weighted by Gasteiger charge is 2.24. The SMILES string of the molecule is [2H]C([2H])([2H])C(C)(c1ccc(OC[C@@H](O)CF)cc1)c1ccc(OC[C@@H]2CO2)cc1. The van der Waals surface area contributed by atoms with Gasteiger partial charge in [0.05, 0.1) is 6.61 Å². The second-order valence-corrected chi connectivity index (χ2v) is 6.56. The molecule has 0 bridgehead atoms. The van der Waals surface area contributed by atoms with Gasteiger partial charge in [0.15, 0.2) is 0 Å². The van der Waals surface area contributed by atoms with E-state index in [2.05, 4.69) is 0 Å². The first-order chi connectivity index (χ1) is 13.7. The Bertz CT molecular complexity index is 791. The van der Waals surface area contributed by atoms with Crippen LogP contribution in [0.25, 0.3) is 0 Å². The van der Waals surface area contributed by atoms with Crippen LogP contribution in [0.2, 0.25) is 0 Å². The standard InChI is InChI=1S/C21H25FO4/c1-21(2,15-3-7-18(8-4-15)24-12-17(23)11-22)16-5-9-19(10-6-16)25-13-20-14-26-20/h3-10,17,20,23H,11-14H2,1-2H3/t17-,20+/m0/s1/i1D3/t17-,20+,21?. The number of aliphatic hydroxyl groups excluding tert-OH is 1. The van der Waals surface area contributed by atoms with Crippen LogP contribution in [0.4, 0.5) is 4.39 Å². The number of halogens is 1. The molecule has 2 aromatic rings. The number of hydrogen-bond acceptors (Lipinski definition) is 4. The van der Waals surface area contributed by atoms with Gasteiger partial charge in [-0.25, -0.2) is 4.39 Å². The summed E-state index contributed by atoms with van der Waals surface area (Å²) in [5.41, 5.74) is -0.0211. The molecule has 3 atom stereocenters. The molecule has 1 saturated heterocycles. The van der Waals surface area contributed by atoms with E-state index >= 15 is 0 Å². The second kappa shape index (κ2) is 8.06. The van der Waals surface area contributed by atoms with E-state index < -0.39 is 25.0 Å². The van der Waals surface area contributed by atoms with Crippen LogP contribution in [-0.2, 0) is 10.2 Å². The molecule has 4 nitrogen and oxygen atoms in total. The molecular weight excluding hydrogens is 335 g/mol. The number of rotatable bonds is 9. The molecule has 1 aliphatic heterocycles. The molecule has 26 heavy (non-hydrogen) atoms. The quantitative estimate of drug-likeness (QED) is 0.693. The highest BCUT2D eigenvalue weighted by molar-refractivity contribution is 5.41. The van der Waals surface area contributed by atoms with Crippen LogP contribution in [0, 0.1) is 0 Å². The molecule has 1 unspecified atom stereocenters. The minimum atomic E-state index is -2.30. The number of hydrogen-bond donors (Lipinski definition) is 1. The van der Waals surface area contributed by atoms with Crippen molar-refractivity contribution in [2.45, 2.75) is 31.4 Å². The van der Waals surface area contributed by atoms with Crippen LogP contribution >= 0.6 is 0 Å². The molecule has 3 rings (SSSR count). The lowest BCUT2D eigenvalue weighted by Gasteiger charge is -2.26. The molecule has 2 aromatic carbocycles. The fourth-order valence-corrected chi connectivity index (χ4v) is 2.53. The molecule has 5 heteroatoms. The minimum Gasteiger partial charge on any atom is -0.491 e. The Morgan fingerprint density at radius 3 is 2.15 bits per heavy atom. The summed E-state index contributed by atoms with van der Waals surface area (Å²) in [7, 11) is 0. The Kier molecular flexibility index (Phi) is 4.65. The van der Waals surface area contributed by atoms with Crippen molar-refractivity contribution in [1.82, 2.24) is 0 Å². The van der Waals surface area contributed by atoms with Crippen molar-refractivity contribution >= 4 is 0 Å². The monoisotopic (exact) mass is 363 g/mol. The van der Waals surface area contributed by atoms with Crippen molar-refractivity contribution in [3.63, 3.8) is 0 Å². The van der Waals surface area contributed by atoms with E-state index in [1.807, 2.05) is 0 Å². The highest BCUT2D eigenvalue weighted by Crippen LogP contribution is 2.33. The number of ether oxygens (including phenoxy) is 3. The van der Waals surface area contributed by atoms with E-state index in [-0.39, 0.29) is 12.7 Å². The molecule has 140 valence electrons. The Balaban J connectivity index is 1.80. The summed E-state index contributed by atoms with van der Waals surface area (Å²) in [6.45, 7) is -0.487. The number of aliphatic hydroxyl groups is 1. The summed E-state index contributed by atoms with van der Waals surface area (Å²) < 4.78 is 52.9. The van der Waals surface area contributed by atoms with Crippen LogP contribution in [0.15, 0.2) is 48.5 Å². The molecule has 0 aromatic heterocycles. The summed E-state index contributed by atoms with van der Waals surface area (Å²) in [4.78, 5) is 0. The topological polar surface area (TPSA) is 51.2 Å². The summed E-state index contributed by atoms with van der Waals surface area (Å²) in [6, 6.07) is 13.6. The Morgan fingerprint density at radius 1 is 1.15 bits per heavy atom. The maximum absolute atomic E-state index is 12.3. The summed E-state index contributed by atoms with van der Waals surface area (Å²) >= 11 is 0. The summed E-state index contributed by atoms with van der Waals surface area (Å²) in [5.74, 6) is 1.09. The van der Waals surface area contributed by atoms with E-state index in [0.717, 1.165) is 0 Å². The fourth-order valence-electron chi connectivity index (χ4n) is 2.53. The van der Waals surface area contributed by atoms with E-state index in [9.17, 15) is 9.50 Å². The van der Waals surface area contributed by atoms with E-state index in [4.69, 9.17) is 18.3 Å². The summed E-state index contributed by atoms with van der Waals surface area (Å²) in [5, 5.41) is 9.26. The van der Waals surface area contributed by atoms with Crippen molar-refractivity contribution in [3.05, 3.63) is 59.7 Å². The van der Waals surface area contributed by atoms with Gasteiger partial charge in [0, 0.05) is 9.53 Å². The number of epoxide rings is 1. The Labute approximate surface area is 157 Å². The van der Waals surface area contributed by atoms with Crippen molar-refractivity contribution in [1.29, 1.82) is 0 Å². The van der Waals surface area contributed by atoms with E-state index in [1.165, 1.54) is 0 Å². The van der Waals surface area contributed by atoms with Gasteiger partial charge in [-0.3, -0.25) is 0 Å². The van der Waals surface area contributed by atoms with Crippen molar-refractivity contribution in [2.75, 3.05) is 26.5 Å². The first-order valence-corrected chi connectivity index (χ1v) is 8.56. The minimum absolute atomic E-state index is 0.147. The smallest absolute Gasteiger partial charge is 0.119 e. The van der Waals surface area contributed by atoms with Gasteiger partial charge in [-0.15, -0.1) is 0 Å². The lowest BCUT2D eigenvalue weighted by Crippen LogP contribution is -2.20. The molecule has 0 saturated carbocycles. The van der Waals surface area contributed by atoms with Gasteiger partial charge >= 0.3 is 0 Å². The zero-order valence-electron chi connectivity index (χ0n) is 17.7. The van der Waals surface area contributed by atoms with E-state index in [1.54, 1.807) is 55.5 Å². The van der Waals surface area contributed by atoms with Crippen molar-refractivity contribution in [2.24, 2.45) is 0 Å². The zero-order chi connectivity index (χ0) is 21.1. The van der Waals surface area contributed by atoms with Crippen LogP contribution in [-0.4, -0.2) is 43.8 Å². The van der Waals surface area contributed by atoms with Gasteiger partial charge in [-0.2, -0.15) is 0 Å². The van der Waals surface area contributed by atoms with Crippen LogP contribution in [0.3, 0.4) is 0 Å². The van der Waals surface area contributed by atoms with E-state index in [0.29, 0.717) is 35.8 Å². The van der Waals surface area contributed by atoms with Crippen LogP contribution in [0.5, 0.6) is 11.5 Å². The Hall–Kier alpha value is -2.11. The molecule has 0 spiro atoms. The third kappa shape index (κ3) is 4.74. The molecule has 0 aliphatic carbocycles. The first kappa shape index (κ1) is 15.0. The maximum Gasteiger partial charge on any atom is 0.119 e. The zero-order valence-corrected chi connectivity index (χ0v) is 14.7.